The van der Waals surface area contributed by atoms with Gasteiger partial charge >= 0.3 is 5.97 Å². The van der Waals surface area contributed by atoms with Crippen LogP contribution in [-0.2, 0) is 9.53 Å². The summed E-state index contributed by atoms with van der Waals surface area (Å²) >= 11 is 1.16. The molecule has 3 rings (SSSR count). The molecular formula is C21H29N5O3S. The van der Waals surface area contributed by atoms with Gasteiger partial charge in [0.05, 0.1) is 12.3 Å². The van der Waals surface area contributed by atoms with Crippen LogP contribution in [0.4, 0.5) is 11.1 Å². The summed E-state index contributed by atoms with van der Waals surface area (Å²) in [5.74, 6) is 0.438. The molecule has 30 heavy (non-hydrogen) atoms. The molecule has 1 amide bonds. The number of rotatable bonds is 6. The number of thiazole rings is 1. The Hall–Kier alpha value is -2.55. The van der Waals surface area contributed by atoms with Crippen molar-refractivity contribution in [3.8, 4) is 0 Å². The second-order valence-electron chi connectivity index (χ2n) is 8.13. The highest BCUT2D eigenvalue weighted by atomic mass is 32.1. The molecule has 0 unspecified atom stereocenters. The van der Waals surface area contributed by atoms with Crippen LogP contribution in [0.25, 0.3) is 0 Å². The van der Waals surface area contributed by atoms with Crippen LogP contribution in [0.3, 0.4) is 0 Å². The maximum Gasteiger partial charge on any atom is 0.350 e. The Morgan fingerprint density at radius 3 is 2.40 bits per heavy atom. The van der Waals surface area contributed by atoms with Gasteiger partial charge in [0, 0.05) is 30.4 Å². The lowest BCUT2D eigenvalue weighted by Crippen LogP contribution is -2.39. The molecule has 0 bridgehead atoms. The number of carbonyl (C=O) groups excluding carboxylic acids is 2. The summed E-state index contributed by atoms with van der Waals surface area (Å²) in [6, 6.07) is 1.95. The highest BCUT2D eigenvalue weighted by molar-refractivity contribution is 7.17. The molecule has 9 heteroatoms. The van der Waals surface area contributed by atoms with Crippen LogP contribution < -0.4 is 10.2 Å². The van der Waals surface area contributed by atoms with Crippen molar-refractivity contribution in [1.29, 1.82) is 0 Å². The fourth-order valence-corrected chi connectivity index (χ4v) is 4.21. The topological polar surface area (TPSA) is 97.3 Å². The first-order valence-corrected chi connectivity index (χ1v) is 11.1. The predicted molar refractivity (Wildman–Crippen MR) is 117 cm³/mol. The highest BCUT2D eigenvalue weighted by Gasteiger charge is 2.27. The second-order valence-corrected chi connectivity index (χ2v) is 9.13. The zero-order chi connectivity index (χ0) is 21.8. The lowest BCUT2D eigenvalue weighted by molar-refractivity contribution is -0.120. The van der Waals surface area contributed by atoms with Crippen molar-refractivity contribution in [2.75, 3.05) is 29.9 Å². The molecule has 1 N–H and O–H groups in total. The third-order valence-corrected chi connectivity index (χ3v) is 5.93. The monoisotopic (exact) mass is 431 g/mol. The number of nitrogens with one attached hydrogen (secondary N) is 1. The summed E-state index contributed by atoms with van der Waals surface area (Å²) in [4.78, 5) is 40.8. The van der Waals surface area contributed by atoms with Crippen molar-refractivity contribution >= 4 is 34.3 Å². The largest absolute Gasteiger partial charge is 0.461 e. The molecule has 8 nitrogen and oxygen atoms in total. The number of esters is 1. The van der Waals surface area contributed by atoms with Crippen molar-refractivity contribution in [2.24, 2.45) is 11.8 Å². The van der Waals surface area contributed by atoms with E-state index in [1.807, 2.05) is 33.8 Å². The molecule has 0 saturated carbocycles. The van der Waals surface area contributed by atoms with Gasteiger partial charge in [-0.3, -0.25) is 4.79 Å². The van der Waals surface area contributed by atoms with E-state index in [0.717, 1.165) is 54.6 Å². The third kappa shape index (κ3) is 5.53. The van der Waals surface area contributed by atoms with E-state index in [0.29, 0.717) is 22.3 Å². The van der Waals surface area contributed by atoms with E-state index in [2.05, 4.69) is 25.2 Å². The lowest BCUT2D eigenvalue weighted by atomic mass is 9.96. The second kappa shape index (κ2) is 9.51. The fraction of sp³-hybridized carbons (Fsp3) is 0.571. The number of anilines is 2. The third-order valence-electron chi connectivity index (χ3n) is 4.88. The Morgan fingerprint density at radius 2 is 1.80 bits per heavy atom. The Morgan fingerprint density at radius 1 is 1.17 bits per heavy atom. The highest BCUT2D eigenvalue weighted by Crippen LogP contribution is 2.26. The fourth-order valence-electron chi connectivity index (χ4n) is 3.35. The van der Waals surface area contributed by atoms with E-state index in [1.54, 1.807) is 6.92 Å². The van der Waals surface area contributed by atoms with Gasteiger partial charge in [-0.05, 0) is 45.6 Å². The molecule has 2 aromatic rings. The van der Waals surface area contributed by atoms with Gasteiger partial charge in [-0.1, -0.05) is 25.2 Å². The van der Waals surface area contributed by atoms with Crippen molar-refractivity contribution in [3.05, 3.63) is 28.0 Å². The normalized spacial score (nSPS) is 14.8. The number of hydrogen-bond acceptors (Lipinski definition) is 8. The zero-order valence-corrected chi connectivity index (χ0v) is 19.0. The Labute approximate surface area is 181 Å². The first-order valence-electron chi connectivity index (χ1n) is 10.3. The Balaban J connectivity index is 1.56. The number of aromatic nitrogens is 3. The van der Waals surface area contributed by atoms with Crippen LogP contribution in [0.2, 0.25) is 0 Å². The molecule has 1 aliphatic heterocycles. The predicted octanol–water partition coefficient (Wildman–Crippen LogP) is 3.53. The minimum atomic E-state index is -0.388. The van der Waals surface area contributed by atoms with Gasteiger partial charge in [0.25, 0.3) is 0 Å². The molecule has 0 spiro atoms. The standard InChI is InChI=1S/C21H29N5O3S/c1-12(2)11-29-19(28)17-15(5)24-21(30-17)25-18(27)16-6-8-26(9-7-16)20-22-13(3)10-14(4)23-20/h10,12,16H,6-9,11H2,1-5H3,(H,24,25,27). The van der Waals surface area contributed by atoms with E-state index in [1.165, 1.54) is 0 Å². The van der Waals surface area contributed by atoms with E-state index in [9.17, 15) is 9.59 Å². The van der Waals surface area contributed by atoms with Crippen LogP contribution in [0.5, 0.6) is 0 Å². The average molecular weight is 432 g/mol. The van der Waals surface area contributed by atoms with E-state index >= 15 is 0 Å². The molecule has 1 fully saturated rings. The number of aryl methyl sites for hydroxylation is 3. The lowest BCUT2D eigenvalue weighted by Gasteiger charge is -2.31. The summed E-state index contributed by atoms with van der Waals surface area (Å²) in [6.07, 6.45) is 1.44. The van der Waals surface area contributed by atoms with Gasteiger partial charge in [0.1, 0.15) is 4.88 Å². The van der Waals surface area contributed by atoms with Crippen molar-refractivity contribution in [2.45, 2.75) is 47.5 Å². The SMILES string of the molecule is Cc1cc(C)nc(N2CCC(C(=O)Nc3nc(C)c(C(=O)OCC(C)C)s3)CC2)n1. The first-order chi connectivity index (χ1) is 14.2. The van der Waals surface area contributed by atoms with E-state index in [-0.39, 0.29) is 23.7 Å². The number of carbonyl (C=O) groups is 2. The van der Waals surface area contributed by atoms with Gasteiger partial charge < -0.3 is 15.0 Å². The van der Waals surface area contributed by atoms with Crippen LogP contribution in [0, 0.1) is 32.6 Å². The molecule has 0 atom stereocenters. The van der Waals surface area contributed by atoms with Gasteiger partial charge in [0.2, 0.25) is 11.9 Å². The number of nitrogens with zero attached hydrogens (tertiary/aromatic N) is 4. The Bertz CT molecular complexity index is 899. The van der Waals surface area contributed by atoms with Crippen LogP contribution in [-0.4, -0.2) is 46.5 Å². The zero-order valence-electron chi connectivity index (χ0n) is 18.2. The summed E-state index contributed by atoms with van der Waals surface area (Å²) in [7, 11) is 0. The number of piperidine rings is 1. The van der Waals surface area contributed by atoms with Gasteiger partial charge in [-0.2, -0.15) is 0 Å². The molecule has 1 aliphatic rings. The first kappa shape index (κ1) is 22.1. The quantitative estimate of drug-likeness (QED) is 0.699. The number of hydrogen-bond donors (Lipinski definition) is 1. The molecule has 0 radical (unpaired) electrons. The number of amides is 1. The molecule has 0 aromatic carbocycles. The molecule has 3 heterocycles. The minimum Gasteiger partial charge on any atom is -0.461 e. The maximum absolute atomic E-state index is 12.7. The Kier molecular flexibility index (Phi) is 7.02. The van der Waals surface area contributed by atoms with Gasteiger partial charge in [-0.25, -0.2) is 19.7 Å². The maximum atomic E-state index is 12.7. The molecule has 2 aromatic heterocycles. The molecule has 0 aliphatic carbocycles. The summed E-state index contributed by atoms with van der Waals surface area (Å²) in [5.41, 5.74) is 2.46. The smallest absolute Gasteiger partial charge is 0.350 e. The van der Waals surface area contributed by atoms with E-state index < -0.39 is 0 Å². The van der Waals surface area contributed by atoms with Crippen LogP contribution in [0.15, 0.2) is 6.07 Å². The summed E-state index contributed by atoms with van der Waals surface area (Å²) < 4.78 is 5.28. The summed E-state index contributed by atoms with van der Waals surface area (Å²) in [5, 5.41) is 3.32. The molecular weight excluding hydrogens is 402 g/mol. The molecule has 1 saturated heterocycles. The molecule has 162 valence electrons. The van der Waals surface area contributed by atoms with Gasteiger partial charge in [0.15, 0.2) is 5.13 Å². The van der Waals surface area contributed by atoms with Crippen LogP contribution >= 0.6 is 11.3 Å². The van der Waals surface area contributed by atoms with Crippen molar-refractivity contribution in [3.63, 3.8) is 0 Å². The van der Waals surface area contributed by atoms with Crippen molar-refractivity contribution < 1.29 is 14.3 Å². The van der Waals surface area contributed by atoms with E-state index in [4.69, 9.17) is 4.74 Å². The van der Waals surface area contributed by atoms with Gasteiger partial charge in [-0.15, -0.1) is 0 Å². The number of ether oxygens (including phenoxy) is 1. The van der Waals surface area contributed by atoms with Crippen LogP contribution in [0.1, 0.15) is 53.4 Å². The average Bonchev–Trinajstić information content (AvgIpc) is 3.05. The summed E-state index contributed by atoms with van der Waals surface area (Å²) in [6.45, 7) is 11.4. The van der Waals surface area contributed by atoms with Crippen molar-refractivity contribution in [1.82, 2.24) is 15.0 Å². The minimum absolute atomic E-state index is 0.0631.